The van der Waals surface area contributed by atoms with Crippen molar-refractivity contribution in [1.29, 1.82) is 0 Å². The Morgan fingerprint density at radius 3 is 2.28 bits per heavy atom. The zero-order valence-corrected chi connectivity index (χ0v) is 11.4. The highest BCUT2D eigenvalue weighted by atomic mass is 16.3. The Hall–Kier alpha value is -1.35. The predicted molar refractivity (Wildman–Crippen MR) is 71.8 cm³/mol. The van der Waals surface area contributed by atoms with Gasteiger partial charge in [-0.3, -0.25) is 4.79 Å². The minimum absolute atomic E-state index is 0.0995. The summed E-state index contributed by atoms with van der Waals surface area (Å²) < 4.78 is 0. The maximum atomic E-state index is 12.4. The minimum Gasteiger partial charge on any atom is -0.393 e. The molecule has 1 amide bonds. The summed E-state index contributed by atoms with van der Waals surface area (Å²) in [7, 11) is 0. The van der Waals surface area contributed by atoms with E-state index in [4.69, 9.17) is 0 Å². The SMILES string of the molecule is Cc1cc(C)c(C(=O)N2CCC(O)CC2)cc1C. The zero-order valence-electron chi connectivity index (χ0n) is 11.4. The summed E-state index contributed by atoms with van der Waals surface area (Å²) in [5.41, 5.74) is 4.21. The lowest BCUT2D eigenvalue weighted by atomic mass is 9.99. The first-order chi connectivity index (χ1) is 8.49. The smallest absolute Gasteiger partial charge is 0.254 e. The Balaban J connectivity index is 2.21. The summed E-state index contributed by atoms with van der Waals surface area (Å²) in [5, 5.41) is 9.48. The van der Waals surface area contributed by atoms with Gasteiger partial charge in [-0.25, -0.2) is 0 Å². The van der Waals surface area contributed by atoms with Gasteiger partial charge in [-0.05, 0) is 56.4 Å². The summed E-state index contributed by atoms with van der Waals surface area (Å²) in [4.78, 5) is 14.3. The summed E-state index contributed by atoms with van der Waals surface area (Å²) >= 11 is 0. The lowest BCUT2D eigenvalue weighted by Crippen LogP contribution is -2.40. The van der Waals surface area contributed by atoms with E-state index in [9.17, 15) is 9.90 Å². The van der Waals surface area contributed by atoms with Gasteiger partial charge >= 0.3 is 0 Å². The van der Waals surface area contributed by atoms with Crippen LogP contribution in [-0.2, 0) is 0 Å². The van der Waals surface area contributed by atoms with Crippen molar-refractivity contribution in [2.45, 2.75) is 39.7 Å². The Morgan fingerprint density at radius 2 is 1.67 bits per heavy atom. The van der Waals surface area contributed by atoms with Crippen LogP contribution < -0.4 is 0 Å². The number of carbonyl (C=O) groups excluding carboxylic acids is 1. The van der Waals surface area contributed by atoms with Gasteiger partial charge in [-0.15, -0.1) is 0 Å². The van der Waals surface area contributed by atoms with E-state index in [2.05, 4.69) is 13.0 Å². The van der Waals surface area contributed by atoms with Crippen molar-refractivity contribution in [3.63, 3.8) is 0 Å². The van der Waals surface area contributed by atoms with Crippen LogP contribution in [0.4, 0.5) is 0 Å². The van der Waals surface area contributed by atoms with Crippen LogP contribution in [0.15, 0.2) is 12.1 Å². The standard InChI is InChI=1S/C15H21NO2/c1-10-8-12(3)14(9-11(10)2)15(18)16-6-4-13(17)5-7-16/h8-9,13,17H,4-7H2,1-3H3. The van der Waals surface area contributed by atoms with Crippen LogP contribution in [0.1, 0.15) is 39.9 Å². The highest BCUT2D eigenvalue weighted by Crippen LogP contribution is 2.19. The topological polar surface area (TPSA) is 40.5 Å². The number of aliphatic hydroxyl groups is 1. The number of hydrogen-bond acceptors (Lipinski definition) is 2. The second-order valence-electron chi connectivity index (χ2n) is 5.27. The molecule has 1 aromatic carbocycles. The lowest BCUT2D eigenvalue weighted by Gasteiger charge is -2.30. The number of piperidine rings is 1. The van der Waals surface area contributed by atoms with Crippen molar-refractivity contribution in [3.05, 3.63) is 34.4 Å². The van der Waals surface area contributed by atoms with E-state index in [1.54, 1.807) is 0 Å². The summed E-state index contributed by atoms with van der Waals surface area (Å²) in [6, 6.07) is 4.05. The molecule has 1 N–H and O–H groups in total. The quantitative estimate of drug-likeness (QED) is 0.826. The van der Waals surface area contributed by atoms with Gasteiger partial charge in [0.1, 0.15) is 0 Å². The van der Waals surface area contributed by atoms with Crippen molar-refractivity contribution in [1.82, 2.24) is 4.90 Å². The number of aryl methyl sites for hydroxylation is 3. The highest BCUT2D eigenvalue weighted by Gasteiger charge is 2.23. The van der Waals surface area contributed by atoms with Crippen LogP contribution in [0.3, 0.4) is 0 Å². The molecular weight excluding hydrogens is 226 g/mol. The van der Waals surface area contributed by atoms with Crippen molar-refractivity contribution in [3.8, 4) is 0 Å². The molecule has 0 aromatic heterocycles. The molecule has 1 aliphatic heterocycles. The third-order valence-corrected chi connectivity index (χ3v) is 3.82. The minimum atomic E-state index is -0.241. The lowest BCUT2D eigenvalue weighted by molar-refractivity contribution is 0.0546. The molecule has 0 atom stereocenters. The molecule has 1 fully saturated rings. The number of carbonyl (C=O) groups is 1. The van der Waals surface area contributed by atoms with Crippen LogP contribution in [-0.4, -0.2) is 35.1 Å². The second kappa shape index (κ2) is 5.11. The van der Waals surface area contributed by atoms with E-state index in [0.29, 0.717) is 25.9 Å². The van der Waals surface area contributed by atoms with Gasteiger partial charge in [0.25, 0.3) is 5.91 Å². The van der Waals surface area contributed by atoms with Gasteiger partial charge in [0.2, 0.25) is 0 Å². The number of benzene rings is 1. The third kappa shape index (κ3) is 2.56. The van der Waals surface area contributed by atoms with Gasteiger partial charge in [0, 0.05) is 18.7 Å². The molecule has 3 nitrogen and oxygen atoms in total. The monoisotopic (exact) mass is 247 g/mol. The molecule has 1 aliphatic rings. The zero-order chi connectivity index (χ0) is 13.3. The molecule has 2 rings (SSSR count). The molecule has 3 heteroatoms. The van der Waals surface area contributed by atoms with Crippen LogP contribution in [0.5, 0.6) is 0 Å². The molecule has 1 saturated heterocycles. The van der Waals surface area contributed by atoms with Crippen molar-refractivity contribution >= 4 is 5.91 Å². The van der Waals surface area contributed by atoms with E-state index in [1.807, 2.05) is 24.8 Å². The molecule has 0 spiro atoms. The Bertz CT molecular complexity index is 460. The normalized spacial score (nSPS) is 17.0. The fourth-order valence-electron chi connectivity index (χ4n) is 2.43. The fraction of sp³-hybridized carbons (Fsp3) is 0.533. The first kappa shape index (κ1) is 13.1. The molecule has 0 unspecified atom stereocenters. The maximum Gasteiger partial charge on any atom is 0.254 e. The molecule has 1 heterocycles. The Morgan fingerprint density at radius 1 is 1.11 bits per heavy atom. The largest absolute Gasteiger partial charge is 0.393 e. The van der Waals surface area contributed by atoms with Crippen molar-refractivity contribution < 1.29 is 9.90 Å². The number of rotatable bonds is 1. The van der Waals surface area contributed by atoms with E-state index < -0.39 is 0 Å². The van der Waals surface area contributed by atoms with Crippen molar-refractivity contribution in [2.24, 2.45) is 0 Å². The summed E-state index contributed by atoms with van der Waals surface area (Å²) in [6.45, 7) is 7.40. The predicted octanol–water partition coefficient (Wildman–Crippen LogP) is 2.21. The number of nitrogens with zero attached hydrogens (tertiary/aromatic N) is 1. The molecule has 0 aliphatic carbocycles. The number of aliphatic hydroxyl groups excluding tert-OH is 1. The van der Waals surface area contributed by atoms with Crippen molar-refractivity contribution in [2.75, 3.05) is 13.1 Å². The molecule has 0 radical (unpaired) electrons. The Labute approximate surface area is 108 Å². The molecule has 0 bridgehead atoms. The second-order valence-corrected chi connectivity index (χ2v) is 5.27. The van der Waals surface area contributed by atoms with Gasteiger partial charge in [0.05, 0.1) is 6.10 Å². The first-order valence-electron chi connectivity index (χ1n) is 6.54. The maximum absolute atomic E-state index is 12.4. The number of likely N-dealkylation sites (tertiary alicyclic amines) is 1. The number of hydrogen-bond donors (Lipinski definition) is 1. The fourth-order valence-corrected chi connectivity index (χ4v) is 2.43. The summed E-state index contributed by atoms with van der Waals surface area (Å²) in [5.74, 6) is 0.0995. The van der Waals surface area contributed by atoms with E-state index >= 15 is 0 Å². The van der Waals surface area contributed by atoms with E-state index in [1.165, 1.54) is 5.56 Å². The van der Waals surface area contributed by atoms with Gasteiger partial charge in [-0.1, -0.05) is 6.07 Å². The van der Waals surface area contributed by atoms with Gasteiger partial charge in [0.15, 0.2) is 0 Å². The van der Waals surface area contributed by atoms with Crippen LogP contribution in [0.25, 0.3) is 0 Å². The molecule has 1 aromatic rings. The Kier molecular flexibility index (Phi) is 3.71. The molecular formula is C15H21NO2. The molecule has 0 saturated carbocycles. The molecule has 18 heavy (non-hydrogen) atoms. The number of amides is 1. The van der Waals surface area contributed by atoms with Gasteiger partial charge < -0.3 is 10.0 Å². The summed E-state index contributed by atoms with van der Waals surface area (Å²) in [6.07, 6.45) is 1.14. The first-order valence-corrected chi connectivity index (χ1v) is 6.54. The van der Waals surface area contributed by atoms with E-state index in [0.717, 1.165) is 16.7 Å². The molecule has 98 valence electrons. The highest BCUT2D eigenvalue weighted by molar-refractivity contribution is 5.96. The van der Waals surface area contributed by atoms with Crippen LogP contribution >= 0.6 is 0 Å². The van der Waals surface area contributed by atoms with Gasteiger partial charge in [-0.2, -0.15) is 0 Å². The third-order valence-electron chi connectivity index (χ3n) is 3.82. The average Bonchev–Trinajstić information content (AvgIpc) is 2.34. The van der Waals surface area contributed by atoms with Crippen LogP contribution in [0.2, 0.25) is 0 Å². The van der Waals surface area contributed by atoms with E-state index in [-0.39, 0.29) is 12.0 Å². The van der Waals surface area contributed by atoms with Crippen LogP contribution in [0, 0.1) is 20.8 Å². The average molecular weight is 247 g/mol.